The molecule has 0 amide bonds. The number of rotatable bonds is 8. The minimum atomic E-state index is -1.88. The van der Waals surface area contributed by atoms with Crippen LogP contribution in [0.5, 0.6) is 11.5 Å². The average Bonchev–Trinajstić information content (AvgIpc) is 2.44. The monoisotopic (exact) mass is 354 g/mol. The molecule has 0 aromatic heterocycles. The summed E-state index contributed by atoms with van der Waals surface area (Å²) in [7, 11) is -3.52. The molecule has 0 radical (unpaired) electrons. The van der Waals surface area contributed by atoms with Crippen LogP contribution in [0, 0.1) is 0 Å². The highest BCUT2D eigenvalue weighted by molar-refractivity contribution is 6.74. The highest BCUT2D eigenvalue weighted by Gasteiger charge is 2.37. The minimum absolute atomic E-state index is 0.125. The maximum absolute atomic E-state index is 9.67. The molecule has 0 saturated heterocycles. The zero-order valence-corrected chi connectivity index (χ0v) is 17.0. The molecule has 0 atom stereocenters. The van der Waals surface area contributed by atoms with E-state index < -0.39 is 15.4 Å². The Balaban J connectivity index is 3.16. The van der Waals surface area contributed by atoms with Crippen molar-refractivity contribution < 1.29 is 23.9 Å². The van der Waals surface area contributed by atoms with E-state index in [1.54, 1.807) is 12.1 Å². The fraction of sp³-hybridized carbons (Fsp3) is 0.647. The van der Waals surface area contributed by atoms with Crippen molar-refractivity contribution in [2.75, 3.05) is 13.2 Å². The van der Waals surface area contributed by atoms with Crippen LogP contribution < -0.4 is 14.9 Å². The maximum Gasteiger partial charge on any atom is 0.496 e. The molecule has 24 heavy (non-hydrogen) atoms. The fourth-order valence-electron chi connectivity index (χ4n) is 2.02. The van der Waals surface area contributed by atoms with Crippen LogP contribution in [0.25, 0.3) is 0 Å². The van der Waals surface area contributed by atoms with Crippen molar-refractivity contribution in [1.82, 2.24) is 0 Å². The van der Waals surface area contributed by atoms with Gasteiger partial charge in [-0.25, -0.2) is 0 Å². The number of hydrogen-bond donors (Lipinski definition) is 2. The lowest BCUT2D eigenvalue weighted by Gasteiger charge is -2.36. The lowest BCUT2D eigenvalue weighted by molar-refractivity contribution is 0.273. The number of hydrogen-bond acceptors (Lipinski definition) is 5. The minimum Gasteiger partial charge on any atom is -0.494 e. The van der Waals surface area contributed by atoms with Crippen LogP contribution in [0.2, 0.25) is 18.1 Å². The summed E-state index contributed by atoms with van der Waals surface area (Å²) >= 11 is 0. The molecule has 5 nitrogen and oxygen atoms in total. The van der Waals surface area contributed by atoms with Gasteiger partial charge in [-0.2, -0.15) is 0 Å². The predicted octanol–water partition coefficient (Wildman–Crippen LogP) is 2.69. The quantitative estimate of drug-likeness (QED) is 0.703. The number of ether oxygens (including phenoxy) is 2. The zero-order chi connectivity index (χ0) is 18.5. The van der Waals surface area contributed by atoms with E-state index in [9.17, 15) is 10.0 Å². The molecule has 0 bridgehead atoms. The molecule has 0 heterocycles. The first kappa shape index (κ1) is 21.0. The first-order chi connectivity index (χ1) is 11.0. The normalized spacial score (nSPS) is 12.2. The van der Waals surface area contributed by atoms with Gasteiger partial charge in [-0.1, -0.05) is 20.8 Å². The van der Waals surface area contributed by atoms with Gasteiger partial charge in [0, 0.05) is 0 Å². The molecule has 136 valence electrons. The Morgan fingerprint density at radius 2 is 1.46 bits per heavy atom. The third-order valence-electron chi connectivity index (χ3n) is 4.43. The summed E-state index contributed by atoms with van der Waals surface area (Å²) < 4.78 is 17.4. The van der Waals surface area contributed by atoms with Crippen LogP contribution in [0.1, 0.15) is 40.2 Å². The Bertz CT molecular complexity index is 513. The van der Waals surface area contributed by atoms with Gasteiger partial charge in [0.15, 0.2) is 8.32 Å². The summed E-state index contributed by atoms with van der Waals surface area (Å²) in [5, 5.41) is 19.5. The van der Waals surface area contributed by atoms with Crippen molar-refractivity contribution in [2.45, 2.75) is 59.4 Å². The Morgan fingerprint density at radius 1 is 1.00 bits per heavy atom. The highest BCUT2D eigenvalue weighted by Crippen LogP contribution is 2.37. The zero-order valence-electron chi connectivity index (χ0n) is 16.0. The molecule has 0 saturated carbocycles. The van der Waals surface area contributed by atoms with Crippen LogP contribution in [-0.4, -0.2) is 38.7 Å². The molecular weight excluding hydrogens is 323 g/mol. The van der Waals surface area contributed by atoms with Crippen molar-refractivity contribution in [1.29, 1.82) is 0 Å². The van der Waals surface area contributed by atoms with E-state index in [4.69, 9.17) is 13.9 Å². The van der Waals surface area contributed by atoms with Gasteiger partial charge in [0.1, 0.15) is 11.5 Å². The first-order valence-corrected chi connectivity index (χ1v) is 11.4. The predicted molar refractivity (Wildman–Crippen MR) is 101 cm³/mol. The molecule has 2 N–H and O–H groups in total. The van der Waals surface area contributed by atoms with Gasteiger partial charge in [-0.3, -0.25) is 0 Å². The highest BCUT2D eigenvalue weighted by atomic mass is 28.4. The van der Waals surface area contributed by atoms with Gasteiger partial charge in [0.05, 0.1) is 25.3 Å². The molecule has 1 aromatic carbocycles. The third-order valence-corrected chi connectivity index (χ3v) is 8.91. The third kappa shape index (κ3) is 5.24. The van der Waals surface area contributed by atoms with Crippen LogP contribution in [0.4, 0.5) is 0 Å². The molecule has 0 spiro atoms. The molecule has 0 aliphatic heterocycles. The largest absolute Gasteiger partial charge is 0.496 e. The smallest absolute Gasteiger partial charge is 0.494 e. The van der Waals surface area contributed by atoms with E-state index in [2.05, 4.69) is 33.9 Å². The van der Waals surface area contributed by atoms with Gasteiger partial charge in [0.25, 0.3) is 0 Å². The summed E-state index contributed by atoms with van der Waals surface area (Å²) in [5.41, 5.74) is 1.16. The van der Waals surface area contributed by atoms with Gasteiger partial charge in [0.2, 0.25) is 0 Å². The Labute approximate surface area is 147 Å². The summed E-state index contributed by atoms with van der Waals surface area (Å²) in [6.45, 7) is 16.0. The van der Waals surface area contributed by atoms with Crippen molar-refractivity contribution in [3.8, 4) is 11.5 Å². The van der Waals surface area contributed by atoms with Crippen molar-refractivity contribution in [3.63, 3.8) is 0 Å². The Morgan fingerprint density at radius 3 is 1.79 bits per heavy atom. The average molecular weight is 354 g/mol. The summed E-state index contributed by atoms with van der Waals surface area (Å²) in [4.78, 5) is 0. The lowest BCUT2D eigenvalue weighted by atomic mass is 9.78. The van der Waals surface area contributed by atoms with Gasteiger partial charge in [-0.05, 0) is 49.7 Å². The Kier molecular flexibility index (Phi) is 7.34. The van der Waals surface area contributed by atoms with Gasteiger partial charge < -0.3 is 23.9 Å². The Hall–Kier alpha value is -1.02. The summed E-state index contributed by atoms with van der Waals surface area (Å²) in [5.74, 6) is 0.847. The van der Waals surface area contributed by atoms with E-state index in [1.807, 2.05) is 13.8 Å². The van der Waals surface area contributed by atoms with E-state index in [0.717, 1.165) is 5.56 Å². The molecule has 0 aliphatic carbocycles. The summed E-state index contributed by atoms with van der Waals surface area (Å²) in [6.07, 6.45) is 0. The topological polar surface area (TPSA) is 68.2 Å². The standard InChI is InChI=1S/C17H31BO5Si/c1-8-21-14-10-13(12-23-24(6,7)17(3,4)5)11-15(22-9-2)16(14)18(19)20/h10-11,19-20H,8-9,12H2,1-7H3. The molecule has 0 aliphatic rings. The SMILES string of the molecule is CCOc1cc(CO[Si](C)(C)C(C)(C)C)cc(OCC)c1B(O)O. The second kappa shape index (κ2) is 8.38. The van der Waals surface area contributed by atoms with Crippen molar-refractivity contribution in [3.05, 3.63) is 17.7 Å². The van der Waals surface area contributed by atoms with E-state index in [1.165, 1.54) is 0 Å². The van der Waals surface area contributed by atoms with E-state index in [0.29, 0.717) is 31.3 Å². The van der Waals surface area contributed by atoms with E-state index >= 15 is 0 Å². The maximum atomic E-state index is 9.67. The van der Waals surface area contributed by atoms with Gasteiger partial charge in [-0.15, -0.1) is 0 Å². The summed E-state index contributed by atoms with van der Waals surface area (Å²) in [6, 6.07) is 3.60. The van der Waals surface area contributed by atoms with Crippen molar-refractivity contribution in [2.24, 2.45) is 0 Å². The molecule has 1 aromatic rings. The van der Waals surface area contributed by atoms with Gasteiger partial charge >= 0.3 is 7.12 Å². The molecule has 1 rings (SSSR count). The van der Waals surface area contributed by atoms with Crippen LogP contribution >= 0.6 is 0 Å². The van der Waals surface area contributed by atoms with Crippen LogP contribution in [0.3, 0.4) is 0 Å². The van der Waals surface area contributed by atoms with Crippen LogP contribution in [-0.2, 0) is 11.0 Å². The lowest BCUT2D eigenvalue weighted by Crippen LogP contribution is -2.40. The molecule has 7 heteroatoms. The molecule has 0 fully saturated rings. The first-order valence-electron chi connectivity index (χ1n) is 8.46. The number of benzene rings is 1. The second-order valence-electron chi connectivity index (χ2n) is 7.29. The fourth-order valence-corrected chi connectivity index (χ4v) is 2.98. The molecular formula is C17H31BO5Si. The van der Waals surface area contributed by atoms with Crippen LogP contribution in [0.15, 0.2) is 12.1 Å². The molecule has 0 unspecified atom stereocenters. The van der Waals surface area contributed by atoms with E-state index in [-0.39, 0.29) is 10.5 Å². The van der Waals surface area contributed by atoms with Crippen molar-refractivity contribution >= 4 is 20.9 Å². The second-order valence-corrected chi connectivity index (χ2v) is 12.1.